The van der Waals surface area contributed by atoms with E-state index >= 15 is 0 Å². The highest BCUT2D eigenvalue weighted by Gasteiger charge is 2.37. The van der Waals surface area contributed by atoms with Crippen molar-refractivity contribution in [3.63, 3.8) is 0 Å². The average molecular weight is 344 g/mol. The zero-order valence-corrected chi connectivity index (χ0v) is 12.7. The van der Waals surface area contributed by atoms with Crippen LogP contribution < -0.4 is 15.0 Å². The maximum Gasteiger partial charge on any atom is 0.433 e. The first-order valence-corrected chi connectivity index (χ1v) is 7.74. The van der Waals surface area contributed by atoms with Gasteiger partial charge in [-0.3, -0.25) is 4.79 Å². The van der Waals surface area contributed by atoms with E-state index in [1.807, 2.05) is 0 Å². The molecular formula is C14H11F3N2O3S. The smallest absolute Gasteiger partial charge is 0.433 e. The Morgan fingerprint density at radius 3 is 2.74 bits per heavy atom. The molecule has 2 aromatic rings. The number of hydrogen-bond acceptors (Lipinski definition) is 5. The van der Waals surface area contributed by atoms with Crippen molar-refractivity contribution in [1.82, 2.24) is 9.97 Å². The molecule has 0 unspecified atom stereocenters. The van der Waals surface area contributed by atoms with E-state index in [-0.39, 0.29) is 18.4 Å². The Hall–Kier alpha value is -2.16. The lowest BCUT2D eigenvalue weighted by Gasteiger charge is -2.12. The quantitative estimate of drug-likeness (QED) is 0.685. The molecule has 0 aliphatic carbocycles. The number of nitrogens with one attached hydrogen (secondary N) is 1. The van der Waals surface area contributed by atoms with Crippen molar-refractivity contribution in [3.05, 3.63) is 45.4 Å². The summed E-state index contributed by atoms with van der Waals surface area (Å²) in [6.45, 7) is 0.0666. The molecule has 3 rings (SSSR count). The molecule has 122 valence electrons. The van der Waals surface area contributed by atoms with Crippen LogP contribution in [-0.2, 0) is 12.6 Å². The number of nitrogens with zero attached hydrogens (tertiary/aromatic N) is 1. The predicted octanol–water partition coefficient (Wildman–Crippen LogP) is 2.83. The Kier molecular flexibility index (Phi) is 3.97. The van der Waals surface area contributed by atoms with Crippen LogP contribution in [0.1, 0.15) is 16.8 Å². The lowest BCUT2D eigenvalue weighted by molar-refractivity contribution is -0.142. The summed E-state index contributed by atoms with van der Waals surface area (Å²) in [5.41, 5.74) is -1.88. The van der Waals surface area contributed by atoms with Crippen molar-refractivity contribution in [2.75, 3.05) is 13.0 Å². The minimum absolute atomic E-state index is 0.0666. The van der Waals surface area contributed by atoms with Crippen molar-refractivity contribution >= 4 is 11.8 Å². The van der Waals surface area contributed by atoms with Gasteiger partial charge in [-0.25, -0.2) is 4.98 Å². The summed E-state index contributed by atoms with van der Waals surface area (Å²) in [7, 11) is 0. The van der Waals surface area contributed by atoms with Gasteiger partial charge in [0.15, 0.2) is 22.3 Å². The number of aromatic nitrogens is 2. The fourth-order valence-corrected chi connectivity index (χ4v) is 2.60. The third kappa shape index (κ3) is 3.14. The van der Waals surface area contributed by atoms with E-state index in [1.165, 1.54) is 6.26 Å². The van der Waals surface area contributed by atoms with Gasteiger partial charge < -0.3 is 14.5 Å². The summed E-state index contributed by atoms with van der Waals surface area (Å²) in [5.74, 6) is 0.968. The number of H-pyrrole nitrogens is 1. The molecule has 0 radical (unpaired) electrons. The minimum Gasteiger partial charge on any atom is -0.454 e. The molecule has 0 saturated carbocycles. The first-order chi connectivity index (χ1) is 10.9. The lowest BCUT2D eigenvalue weighted by Crippen LogP contribution is -2.24. The Morgan fingerprint density at radius 2 is 2.04 bits per heavy atom. The van der Waals surface area contributed by atoms with Gasteiger partial charge in [0.2, 0.25) is 6.79 Å². The average Bonchev–Trinajstić information content (AvgIpc) is 2.95. The summed E-state index contributed by atoms with van der Waals surface area (Å²) in [5, 5.41) is -0.0724. The van der Waals surface area contributed by atoms with Crippen molar-refractivity contribution in [1.29, 1.82) is 0 Å². The molecule has 1 aromatic carbocycles. The molecule has 1 aliphatic heterocycles. The van der Waals surface area contributed by atoms with Crippen LogP contribution in [0.2, 0.25) is 0 Å². The van der Waals surface area contributed by atoms with E-state index in [0.717, 1.165) is 11.8 Å². The van der Waals surface area contributed by atoms with E-state index in [2.05, 4.69) is 9.97 Å². The molecule has 1 aromatic heterocycles. The van der Waals surface area contributed by atoms with E-state index in [9.17, 15) is 18.0 Å². The van der Waals surface area contributed by atoms with Gasteiger partial charge in [-0.1, -0.05) is 17.8 Å². The summed E-state index contributed by atoms with van der Waals surface area (Å²) < 4.78 is 49.9. The summed E-state index contributed by atoms with van der Waals surface area (Å²) in [6.07, 6.45) is -3.37. The lowest BCUT2D eigenvalue weighted by atomic mass is 10.0. The second-order valence-corrected chi connectivity index (χ2v) is 5.56. The summed E-state index contributed by atoms with van der Waals surface area (Å²) in [4.78, 5) is 17.9. The number of hydrogen-bond donors (Lipinski definition) is 1. The SMILES string of the molecule is CSc1nc(C(F)(F)F)c(Cc2ccc3c(c2)OCO3)c(=O)[nH]1. The first kappa shape index (κ1) is 15.7. The number of rotatable bonds is 3. The zero-order valence-electron chi connectivity index (χ0n) is 11.9. The number of alkyl halides is 3. The van der Waals surface area contributed by atoms with Gasteiger partial charge in [0.25, 0.3) is 5.56 Å². The van der Waals surface area contributed by atoms with Crippen molar-refractivity contribution in [2.45, 2.75) is 17.8 Å². The molecule has 1 N–H and O–H groups in total. The fraction of sp³-hybridized carbons (Fsp3) is 0.286. The van der Waals surface area contributed by atoms with Crippen LogP contribution in [0, 0.1) is 0 Å². The Bertz CT molecular complexity index is 805. The molecule has 0 spiro atoms. The minimum atomic E-state index is -4.70. The van der Waals surface area contributed by atoms with Gasteiger partial charge in [-0.2, -0.15) is 13.2 Å². The highest BCUT2D eigenvalue weighted by Crippen LogP contribution is 2.34. The van der Waals surface area contributed by atoms with E-state index in [0.29, 0.717) is 17.1 Å². The summed E-state index contributed by atoms with van der Waals surface area (Å²) in [6, 6.07) is 4.75. The number of aromatic amines is 1. The maximum atomic E-state index is 13.2. The van der Waals surface area contributed by atoms with Crippen molar-refractivity contribution < 1.29 is 22.6 Å². The molecule has 0 fully saturated rings. The number of fused-ring (bicyclic) bond motifs is 1. The monoisotopic (exact) mass is 344 g/mol. The van der Waals surface area contributed by atoms with Crippen molar-refractivity contribution in [3.8, 4) is 11.5 Å². The zero-order chi connectivity index (χ0) is 16.6. The number of halogens is 3. The van der Waals surface area contributed by atoms with Crippen LogP contribution in [-0.4, -0.2) is 23.0 Å². The predicted molar refractivity (Wildman–Crippen MR) is 77.0 cm³/mol. The molecule has 0 bridgehead atoms. The third-order valence-corrected chi connectivity index (χ3v) is 3.85. The van der Waals surface area contributed by atoms with E-state index in [4.69, 9.17) is 9.47 Å². The number of benzene rings is 1. The molecule has 5 nitrogen and oxygen atoms in total. The van der Waals surface area contributed by atoms with E-state index < -0.39 is 23.0 Å². The van der Waals surface area contributed by atoms with Crippen LogP contribution in [0.3, 0.4) is 0 Å². The third-order valence-electron chi connectivity index (χ3n) is 3.27. The highest BCUT2D eigenvalue weighted by molar-refractivity contribution is 7.98. The first-order valence-electron chi connectivity index (χ1n) is 6.51. The van der Waals surface area contributed by atoms with Gasteiger partial charge in [-0.15, -0.1) is 0 Å². The van der Waals surface area contributed by atoms with Crippen LogP contribution in [0.4, 0.5) is 13.2 Å². The second kappa shape index (κ2) is 5.80. The maximum absolute atomic E-state index is 13.2. The molecular weight excluding hydrogens is 333 g/mol. The second-order valence-electron chi connectivity index (χ2n) is 4.76. The van der Waals surface area contributed by atoms with E-state index in [1.54, 1.807) is 18.2 Å². The highest BCUT2D eigenvalue weighted by atomic mass is 32.2. The van der Waals surface area contributed by atoms with Crippen LogP contribution in [0.25, 0.3) is 0 Å². The molecule has 0 atom stereocenters. The number of thioether (sulfide) groups is 1. The molecule has 1 aliphatic rings. The molecule has 9 heteroatoms. The van der Waals surface area contributed by atoms with Gasteiger partial charge in [0.05, 0.1) is 5.56 Å². The Morgan fingerprint density at radius 1 is 1.30 bits per heavy atom. The molecule has 0 saturated heterocycles. The van der Waals surface area contributed by atoms with Gasteiger partial charge in [0.1, 0.15) is 0 Å². The van der Waals surface area contributed by atoms with Crippen LogP contribution in [0.5, 0.6) is 11.5 Å². The molecule has 0 amide bonds. The number of ether oxygens (including phenoxy) is 2. The molecule has 2 heterocycles. The van der Waals surface area contributed by atoms with Gasteiger partial charge in [0, 0.05) is 6.42 Å². The normalized spacial score (nSPS) is 13.4. The fourth-order valence-electron chi connectivity index (χ4n) is 2.23. The molecule has 23 heavy (non-hydrogen) atoms. The standard InChI is InChI=1S/C14H11F3N2O3S/c1-23-13-18-11(14(15,16)17)8(12(20)19-13)4-7-2-3-9-10(5-7)22-6-21-9/h2-3,5H,4,6H2,1H3,(H,18,19,20). The van der Waals surface area contributed by atoms with Crippen LogP contribution >= 0.6 is 11.8 Å². The van der Waals surface area contributed by atoms with Gasteiger partial charge in [-0.05, 0) is 24.0 Å². The Balaban J connectivity index is 2.04. The van der Waals surface area contributed by atoms with Gasteiger partial charge >= 0.3 is 6.18 Å². The van der Waals surface area contributed by atoms with Crippen molar-refractivity contribution in [2.24, 2.45) is 0 Å². The largest absolute Gasteiger partial charge is 0.454 e. The topological polar surface area (TPSA) is 64.2 Å². The summed E-state index contributed by atoms with van der Waals surface area (Å²) >= 11 is 0.941. The Labute approximate surface area is 132 Å². The van der Waals surface area contributed by atoms with Crippen LogP contribution in [0.15, 0.2) is 28.2 Å².